The summed E-state index contributed by atoms with van der Waals surface area (Å²) in [4.78, 5) is 44.0. The molecule has 4 aliphatic rings. The van der Waals surface area contributed by atoms with E-state index >= 15 is 0 Å². The molecule has 9 nitrogen and oxygen atoms in total. The minimum absolute atomic E-state index is 0.0874. The summed E-state index contributed by atoms with van der Waals surface area (Å²) in [7, 11) is 1.59. The average Bonchev–Trinajstić information content (AvgIpc) is 3.47. The van der Waals surface area contributed by atoms with Gasteiger partial charge in [-0.3, -0.25) is 9.59 Å². The van der Waals surface area contributed by atoms with Gasteiger partial charge in [0, 0.05) is 37.9 Å². The average molecular weight is 441 g/mol. The third kappa shape index (κ3) is 3.14. The van der Waals surface area contributed by atoms with Gasteiger partial charge < -0.3 is 28.9 Å². The summed E-state index contributed by atoms with van der Waals surface area (Å²) in [5.41, 5.74) is -0.0504. The van der Waals surface area contributed by atoms with Crippen LogP contribution in [0.5, 0.6) is 5.75 Å². The van der Waals surface area contributed by atoms with Crippen LogP contribution in [0.4, 0.5) is 10.5 Å². The van der Waals surface area contributed by atoms with Gasteiger partial charge in [0.25, 0.3) is 0 Å². The van der Waals surface area contributed by atoms with Crippen LogP contribution in [0.25, 0.3) is 0 Å². The molecular weight excluding hydrogens is 414 g/mol. The van der Waals surface area contributed by atoms with Crippen molar-refractivity contribution in [2.45, 2.75) is 18.6 Å². The van der Waals surface area contributed by atoms with Crippen LogP contribution in [0.3, 0.4) is 0 Å². The van der Waals surface area contributed by atoms with E-state index in [0.29, 0.717) is 45.1 Å². The van der Waals surface area contributed by atoms with Crippen LogP contribution in [-0.2, 0) is 19.1 Å². The molecule has 32 heavy (non-hydrogen) atoms. The molecule has 0 N–H and O–H groups in total. The third-order valence-corrected chi connectivity index (χ3v) is 6.87. The Morgan fingerprint density at radius 3 is 2.66 bits per heavy atom. The predicted octanol–water partition coefficient (Wildman–Crippen LogP) is 1.28. The van der Waals surface area contributed by atoms with E-state index in [0.717, 1.165) is 5.69 Å². The van der Waals surface area contributed by atoms with Crippen LogP contribution in [0.15, 0.2) is 36.4 Å². The first kappa shape index (κ1) is 20.8. The van der Waals surface area contributed by atoms with Gasteiger partial charge >= 0.3 is 6.09 Å². The fraction of sp³-hybridized carbons (Fsp3) is 0.522. The van der Waals surface area contributed by atoms with Gasteiger partial charge in [-0.25, -0.2) is 4.79 Å². The fourth-order valence-electron chi connectivity index (χ4n) is 5.31. The lowest BCUT2D eigenvalue weighted by Gasteiger charge is -2.36. The van der Waals surface area contributed by atoms with Crippen molar-refractivity contribution in [3.05, 3.63) is 36.4 Å². The normalized spacial score (nSPS) is 30.6. The molecule has 1 aromatic carbocycles. The van der Waals surface area contributed by atoms with Gasteiger partial charge in [-0.05, 0) is 19.1 Å². The molecule has 3 amide bonds. The van der Waals surface area contributed by atoms with Crippen LogP contribution < -0.4 is 9.64 Å². The number of carbonyl (C=O) groups excluding carboxylic acids is 3. The molecule has 1 spiro atoms. The molecule has 0 aliphatic carbocycles. The number of piperazine rings is 1. The first-order chi connectivity index (χ1) is 15.5. The Hall–Kier alpha value is -3.07. The second-order valence-corrected chi connectivity index (χ2v) is 8.54. The number of benzene rings is 1. The van der Waals surface area contributed by atoms with E-state index in [1.807, 2.05) is 36.4 Å². The van der Waals surface area contributed by atoms with Crippen LogP contribution in [0, 0.1) is 11.8 Å². The summed E-state index contributed by atoms with van der Waals surface area (Å²) >= 11 is 0. The molecule has 0 aromatic heterocycles. The van der Waals surface area contributed by atoms with E-state index < -0.39 is 23.5 Å². The second kappa shape index (κ2) is 7.81. The van der Waals surface area contributed by atoms with Crippen molar-refractivity contribution in [1.82, 2.24) is 9.80 Å². The molecule has 4 aliphatic heterocycles. The molecule has 0 radical (unpaired) electrons. The Morgan fingerprint density at radius 2 is 1.94 bits per heavy atom. The molecule has 0 unspecified atom stereocenters. The smallest absolute Gasteiger partial charge is 0.409 e. The summed E-state index contributed by atoms with van der Waals surface area (Å²) in [6.45, 7) is 4.12. The van der Waals surface area contributed by atoms with Gasteiger partial charge in [-0.2, -0.15) is 0 Å². The second-order valence-electron chi connectivity index (χ2n) is 8.54. The predicted molar refractivity (Wildman–Crippen MR) is 114 cm³/mol. The van der Waals surface area contributed by atoms with Crippen LogP contribution in [0.2, 0.25) is 0 Å². The van der Waals surface area contributed by atoms with E-state index in [1.165, 1.54) is 0 Å². The Labute approximate surface area is 186 Å². The topological polar surface area (TPSA) is 88.6 Å². The number of ether oxygens (including phenoxy) is 3. The van der Waals surface area contributed by atoms with Crippen LogP contribution >= 0.6 is 0 Å². The van der Waals surface area contributed by atoms with Crippen LogP contribution in [0.1, 0.15) is 6.92 Å². The van der Waals surface area contributed by atoms with Crippen molar-refractivity contribution in [2.75, 3.05) is 51.3 Å². The SMILES string of the molecule is CCOC(=O)N1CCN(C(=O)[C@H]2[C@H]3C=C[C@]4(CN(c5cccc(OC)c5)C(=O)[C@@H]24)O3)CC1. The summed E-state index contributed by atoms with van der Waals surface area (Å²) in [5, 5.41) is 0. The number of methoxy groups -OCH3 is 1. The van der Waals surface area contributed by atoms with Gasteiger partial charge in [-0.1, -0.05) is 18.2 Å². The maximum Gasteiger partial charge on any atom is 0.409 e. The molecule has 4 heterocycles. The maximum absolute atomic E-state index is 13.5. The van der Waals surface area contributed by atoms with Crippen molar-refractivity contribution in [1.29, 1.82) is 0 Å². The molecule has 1 aromatic rings. The Morgan fingerprint density at radius 1 is 1.19 bits per heavy atom. The van der Waals surface area contributed by atoms with Gasteiger partial charge in [0.05, 0.1) is 38.2 Å². The number of hydrogen-bond donors (Lipinski definition) is 0. The highest BCUT2D eigenvalue weighted by molar-refractivity contribution is 6.03. The molecular formula is C23H27N3O6. The molecule has 3 saturated heterocycles. The highest BCUT2D eigenvalue weighted by atomic mass is 16.6. The summed E-state index contributed by atoms with van der Waals surface area (Å²) in [6.07, 6.45) is 3.11. The quantitative estimate of drug-likeness (QED) is 0.654. The standard InChI is InChI=1S/C23H27N3O6/c1-3-31-22(29)25-11-9-24(10-12-25)20(27)18-17-7-8-23(32-17)14-26(21(28)19(18)23)15-5-4-6-16(13-15)30-2/h4-8,13,17-19H,3,9-12,14H2,1-2H3/t17-,18+,19-,23-/m1/s1. The lowest BCUT2D eigenvalue weighted by molar-refractivity contribution is -0.141. The van der Waals surface area contributed by atoms with Gasteiger partial charge in [0.15, 0.2) is 0 Å². The summed E-state index contributed by atoms with van der Waals surface area (Å²) in [6, 6.07) is 7.34. The molecule has 5 rings (SSSR count). The van der Waals surface area contributed by atoms with Crippen molar-refractivity contribution in [2.24, 2.45) is 11.8 Å². The van der Waals surface area contributed by atoms with Crippen LogP contribution in [-0.4, -0.2) is 85.9 Å². The minimum Gasteiger partial charge on any atom is -0.497 e. The van der Waals surface area contributed by atoms with E-state index in [9.17, 15) is 14.4 Å². The Balaban J connectivity index is 1.33. The number of amides is 3. The van der Waals surface area contributed by atoms with Gasteiger partial charge in [0.1, 0.15) is 11.4 Å². The number of carbonyl (C=O) groups is 3. The Kier molecular flexibility index (Phi) is 5.08. The molecule has 4 atom stereocenters. The Bertz CT molecular complexity index is 972. The summed E-state index contributed by atoms with van der Waals surface area (Å²) in [5.74, 6) is -0.640. The van der Waals surface area contributed by atoms with Gasteiger partial charge in [-0.15, -0.1) is 0 Å². The van der Waals surface area contributed by atoms with Crippen molar-refractivity contribution in [3.8, 4) is 5.75 Å². The maximum atomic E-state index is 13.5. The largest absolute Gasteiger partial charge is 0.497 e. The number of fused-ring (bicyclic) bond motifs is 1. The van der Waals surface area contributed by atoms with E-state index in [2.05, 4.69) is 0 Å². The number of hydrogen-bond acceptors (Lipinski definition) is 6. The van der Waals surface area contributed by atoms with E-state index in [-0.39, 0.29) is 17.9 Å². The number of nitrogens with zero attached hydrogens (tertiary/aromatic N) is 3. The molecule has 170 valence electrons. The molecule has 0 saturated carbocycles. The molecule has 9 heteroatoms. The fourth-order valence-corrected chi connectivity index (χ4v) is 5.31. The van der Waals surface area contributed by atoms with E-state index in [1.54, 1.807) is 28.7 Å². The minimum atomic E-state index is -0.780. The third-order valence-electron chi connectivity index (χ3n) is 6.87. The zero-order chi connectivity index (χ0) is 22.5. The number of anilines is 1. The van der Waals surface area contributed by atoms with Gasteiger partial charge in [0.2, 0.25) is 11.8 Å². The zero-order valence-corrected chi connectivity index (χ0v) is 18.2. The number of rotatable bonds is 4. The first-order valence-corrected chi connectivity index (χ1v) is 11.0. The summed E-state index contributed by atoms with van der Waals surface area (Å²) < 4.78 is 16.6. The molecule has 2 bridgehead atoms. The molecule has 3 fully saturated rings. The first-order valence-electron chi connectivity index (χ1n) is 11.0. The monoisotopic (exact) mass is 441 g/mol. The highest BCUT2D eigenvalue weighted by Crippen LogP contribution is 2.53. The highest BCUT2D eigenvalue weighted by Gasteiger charge is 2.67. The van der Waals surface area contributed by atoms with Crippen molar-refractivity contribution < 1.29 is 28.6 Å². The van der Waals surface area contributed by atoms with Crippen molar-refractivity contribution in [3.63, 3.8) is 0 Å². The zero-order valence-electron chi connectivity index (χ0n) is 18.2. The van der Waals surface area contributed by atoms with E-state index in [4.69, 9.17) is 14.2 Å². The lowest BCUT2D eigenvalue weighted by atomic mass is 9.76. The lowest BCUT2D eigenvalue weighted by Crippen LogP contribution is -2.54. The van der Waals surface area contributed by atoms with Crippen molar-refractivity contribution >= 4 is 23.6 Å².